The largest absolute Gasteiger partial charge is 0.482 e. The number of amides is 2. The third-order valence-electron chi connectivity index (χ3n) is 7.57. The third-order valence-corrected chi connectivity index (χ3v) is 7.57. The number of ether oxygens (including phenoxy) is 2. The Morgan fingerprint density at radius 2 is 1.19 bits per heavy atom. The van der Waals surface area contributed by atoms with Gasteiger partial charge in [-0.15, -0.1) is 0 Å². The van der Waals surface area contributed by atoms with Gasteiger partial charge in [-0.1, -0.05) is 47.5 Å². The van der Waals surface area contributed by atoms with Gasteiger partial charge in [0, 0.05) is 17.3 Å². The maximum absolute atomic E-state index is 14.1. The summed E-state index contributed by atoms with van der Waals surface area (Å²) in [6.45, 7) is 9.40. The number of hydrogen-bond acceptors (Lipinski definition) is 7. The fourth-order valence-corrected chi connectivity index (χ4v) is 5.44. The van der Waals surface area contributed by atoms with Crippen LogP contribution in [0.2, 0.25) is 0 Å². The Morgan fingerprint density at radius 1 is 0.738 bits per heavy atom. The van der Waals surface area contributed by atoms with Crippen LogP contribution in [0.1, 0.15) is 43.4 Å². The Hall–Kier alpha value is -4.79. The number of hydrazone groups is 2. The van der Waals surface area contributed by atoms with Crippen LogP contribution in [0.3, 0.4) is 0 Å². The van der Waals surface area contributed by atoms with Crippen molar-refractivity contribution in [1.29, 1.82) is 0 Å². The molecule has 0 bridgehead atoms. The molecule has 2 aliphatic heterocycles. The lowest BCUT2D eigenvalue weighted by Crippen LogP contribution is -2.40. The van der Waals surface area contributed by atoms with Gasteiger partial charge in [0.1, 0.15) is 5.75 Å². The van der Waals surface area contributed by atoms with E-state index in [9.17, 15) is 14.4 Å². The number of benzene rings is 3. The standard InChI is InChI=1S/C33H34N4O5/c1-6-41-28(38)19-42-27-17-11-24(12-18-27)31(29-22(4)34-36(32(29)39)25-13-7-20(2)8-14-25)30-23(5)35-37(33(30)40)26-15-9-21(3)10-16-26/h7-18,29-31H,6,19H2,1-5H3. The van der Waals surface area contributed by atoms with E-state index in [-0.39, 0.29) is 25.0 Å². The van der Waals surface area contributed by atoms with Gasteiger partial charge in [0.2, 0.25) is 0 Å². The molecule has 0 N–H and O–H groups in total. The highest BCUT2D eigenvalue weighted by molar-refractivity contribution is 6.19. The summed E-state index contributed by atoms with van der Waals surface area (Å²) >= 11 is 0. The lowest BCUT2D eigenvalue weighted by atomic mass is 9.73. The zero-order valence-electron chi connectivity index (χ0n) is 24.4. The first-order valence-electron chi connectivity index (χ1n) is 14.0. The van der Waals surface area contributed by atoms with Gasteiger partial charge < -0.3 is 9.47 Å². The molecule has 42 heavy (non-hydrogen) atoms. The van der Waals surface area contributed by atoms with E-state index in [4.69, 9.17) is 9.47 Å². The van der Waals surface area contributed by atoms with E-state index in [2.05, 4.69) is 10.2 Å². The summed E-state index contributed by atoms with van der Waals surface area (Å²) in [5.74, 6) is -2.39. The normalized spacial score (nSPS) is 19.1. The van der Waals surface area contributed by atoms with Gasteiger partial charge in [0.05, 0.1) is 29.8 Å². The summed E-state index contributed by atoms with van der Waals surface area (Å²) in [4.78, 5) is 39.9. The minimum atomic E-state index is -0.699. The van der Waals surface area contributed by atoms with Crippen LogP contribution in [0.4, 0.5) is 11.4 Å². The number of carbonyl (C=O) groups excluding carboxylic acids is 3. The number of carbonyl (C=O) groups is 3. The molecule has 0 aliphatic carbocycles. The number of aryl methyl sites for hydroxylation is 2. The minimum absolute atomic E-state index is 0.210. The number of nitrogens with zero attached hydrogens (tertiary/aromatic N) is 4. The molecular weight excluding hydrogens is 532 g/mol. The van der Waals surface area contributed by atoms with Gasteiger partial charge >= 0.3 is 5.97 Å². The van der Waals surface area contributed by atoms with E-state index in [1.165, 1.54) is 10.0 Å². The Morgan fingerprint density at radius 3 is 1.62 bits per heavy atom. The second-order valence-electron chi connectivity index (χ2n) is 10.6. The van der Waals surface area contributed by atoms with Crippen molar-refractivity contribution in [2.24, 2.45) is 22.0 Å². The molecule has 2 atom stereocenters. The van der Waals surface area contributed by atoms with Crippen molar-refractivity contribution in [3.63, 3.8) is 0 Å². The average molecular weight is 567 g/mol. The minimum Gasteiger partial charge on any atom is -0.482 e. The van der Waals surface area contributed by atoms with Crippen molar-refractivity contribution >= 4 is 40.6 Å². The molecule has 3 aromatic rings. The number of rotatable bonds is 9. The zero-order chi connectivity index (χ0) is 30.0. The van der Waals surface area contributed by atoms with E-state index in [0.717, 1.165) is 16.7 Å². The van der Waals surface area contributed by atoms with Crippen molar-refractivity contribution in [3.8, 4) is 5.75 Å². The van der Waals surface area contributed by atoms with Crippen LogP contribution < -0.4 is 14.8 Å². The summed E-state index contributed by atoms with van der Waals surface area (Å²) in [5, 5.41) is 12.1. The first-order chi connectivity index (χ1) is 20.2. The van der Waals surface area contributed by atoms with Crippen LogP contribution in [0, 0.1) is 25.7 Å². The first kappa shape index (κ1) is 28.7. The van der Waals surface area contributed by atoms with E-state index in [1.807, 2.05) is 88.4 Å². The van der Waals surface area contributed by atoms with Crippen LogP contribution in [-0.2, 0) is 19.1 Å². The maximum atomic E-state index is 14.1. The molecule has 2 amide bonds. The van der Waals surface area contributed by atoms with Gasteiger partial charge in [-0.25, -0.2) is 14.8 Å². The SMILES string of the molecule is CCOC(=O)COc1ccc(C(C2C(=O)N(c3ccc(C)cc3)N=C2C)C2C(=O)N(c3ccc(C)cc3)N=C2C)cc1. The van der Waals surface area contributed by atoms with Crippen molar-refractivity contribution in [2.75, 3.05) is 23.2 Å². The van der Waals surface area contributed by atoms with Gasteiger partial charge in [0.25, 0.3) is 11.8 Å². The molecule has 0 radical (unpaired) electrons. The summed E-state index contributed by atoms with van der Waals surface area (Å²) in [6, 6.07) is 22.3. The number of esters is 1. The van der Waals surface area contributed by atoms with Gasteiger partial charge in [0.15, 0.2) is 6.61 Å². The quantitative estimate of drug-likeness (QED) is 0.323. The Balaban J connectivity index is 1.50. The lowest BCUT2D eigenvalue weighted by molar-refractivity contribution is -0.145. The molecule has 216 valence electrons. The molecule has 0 saturated heterocycles. The highest BCUT2D eigenvalue weighted by Crippen LogP contribution is 2.43. The topological polar surface area (TPSA) is 101 Å². The summed E-state index contributed by atoms with van der Waals surface area (Å²) < 4.78 is 10.5. The van der Waals surface area contributed by atoms with E-state index in [1.54, 1.807) is 19.1 Å². The van der Waals surface area contributed by atoms with Crippen molar-refractivity contribution in [1.82, 2.24) is 0 Å². The number of anilines is 2. The highest BCUT2D eigenvalue weighted by atomic mass is 16.6. The summed E-state index contributed by atoms with van der Waals surface area (Å²) in [5.41, 5.74) is 5.47. The predicted molar refractivity (Wildman–Crippen MR) is 162 cm³/mol. The van der Waals surface area contributed by atoms with Gasteiger partial charge in [-0.3, -0.25) is 9.59 Å². The molecule has 0 fully saturated rings. The zero-order valence-corrected chi connectivity index (χ0v) is 24.4. The molecule has 5 rings (SSSR count). The molecular formula is C33H34N4O5. The second-order valence-corrected chi connectivity index (χ2v) is 10.6. The Kier molecular flexibility index (Phi) is 8.20. The molecule has 0 spiro atoms. The molecule has 2 heterocycles. The van der Waals surface area contributed by atoms with Crippen LogP contribution in [0.25, 0.3) is 0 Å². The fourth-order valence-electron chi connectivity index (χ4n) is 5.44. The van der Waals surface area contributed by atoms with Gasteiger partial charge in [-0.05, 0) is 76.6 Å². The molecule has 0 aromatic heterocycles. The van der Waals surface area contributed by atoms with Crippen LogP contribution in [-0.4, -0.2) is 42.4 Å². The molecule has 9 heteroatoms. The van der Waals surface area contributed by atoms with Crippen molar-refractivity contribution in [3.05, 3.63) is 89.5 Å². The fraction of sp³-hybridized carbons (Fsp3) is 0.303. The molecule has 0 saturated carbocycles. The van der Waals surface area contributed by atoms with E-state index in [0.29, 0.717) is 28.5 Å². The Labute approximate surface area is 245 Å². The average Bonchev–Trinajstić information content (AvgIpc) is 3.44. The van der Waals surface area contributed by atoms with E-state index < -0.39 is 23.7 Å². The molecule has 2 aliphatic rings. The van der Waals surface area contributed by atoms with Crippen LogP contribution in [0.5, 0.6) is 5.75 Å². The summed E-state index contributed by atoms with van der Waals surface area (Å²) in [7, 11) is 0. The Bertz CT molecular complexity index is 1460. The molecule has 9 nitrogen and oxygen atoms in total. The van der Waals surface area contributed by atoms with Crippen LogP contribution >= 0.6 is 0 Å². The smallest absolute Gasteiger partial charge is 0.344 e. The first-order valence-corrected chi connectivity index (χ1v) is 14.0. The maximum Gasteiger partial charge on any atom is 0.344 e. The van der Waals surface area contributed by atoms with Crippen molar-refractivity contribution < 1.29 is 23.9 Å². The number of hydrogen-bond donors (Lipinski definition) is 0. The predicted octanol–water partition coefficient (Wildman–Crippen LogP) is 5.41. The monoisotopic (exact) mass is 566 g/mol. The second kappa shape index (κ2) is 12.0. The third kappa shape index (κ3) is 5.68. The molecule has 3 aromatic carbocycles. The van der Waals surface area contributed by atoms with E-state index >= 15 is 0 Å². The highest BCUT2D eigenvalue weighted by Gasteiger charge is 2.50. The lowest BCUT2D eigenvalue weighted by Gasteiger charge is -2.29. The van der Waals surface area contributed by atoms with Crippen LogP contribution in [0.15, 0.2) is 83.0 Å². The summed E-state index contributed by atoms with van der Waals surface area (Å²) in [6.07, 6.45) is 0. The van der Waals surface area contributed by atoms with Gasteiger partial charge in [-0.2, -0.15) is 10.2 Å². The molecule has 2 unspecified atom stereocenters. The van der Waals surface area contributed by atoms with Crippen molar-refractivity contribution in [2.45, 2.75) is 40.5 Å².